The molecule has 0 bridgehead atoms. The number of phenols is 1. The van der Waals surface area contributed by atoms with Crippen LogP contribution in [0.15, 0.2) is 24.3 Å². The number of fused-ring (bicyclic) bond motifs is 2. The number of terminal acetylenes is 1. The van der Waals surface area contributed by atoms with Gasteiger partial charge in [0.05, 0.1) is 17.1 Å². The van der Waals surface area contributed by atoms with Crippen molar-refractivity contribution in [1.29, 1.82) is 0 Å². The number of pyridine rings is 1. The van der Waals surface area contributed by atoms with Gasteiger partial charge in [0.1, 0.15) is 53.4 Å². The van der Waals surface area contributed by atoms with Gasteiger partial charge in [0.25, 0.3) is 0 Å². The van der Waals surface area contributed by atoms with Crippen LogP contribution in [-0.4, -0.2) is 76.1 Å². The third-order valence-corrected chi connectivity index (χ3v) is 9.78. The van der Waals surface area contributed by atoms with Gasteiger partial charge in [-0.2, -0.15) is 9.97 Å². The van der Waals surface area contributed by atoms with Crippen LogP contribution in [0.25, 0.3) is 32.9 Å². The van der Waals surface area contributed by atoms with Gasteiger partial charge in [-0.05, 0) is 61.7 Å². The van der Waals surface area contributed by atoms with Crippen molar-refractivity contribution in [2.45, 2.75) is 49.9 Å². The Bertz CT molecular complexity index is 1890. The van der Waals surface area contributed by atoms with Crippen molar-refractivity contribution in [3.05, 3.63) is 41.5 Å². The molecule has 3 aliphatic heterocycles. The van der Waals surface area contributed by atoms with Crippen LogP contribution in [0.2, 0.25) is 0 Å². The number of likely N-dealkylation sites (N-methyl/N-ethyl adjacent to an activating group) is 1. The van der Waals surface area contributed by atoms with Crippen molar-refractivity contribution in [3.8, 4) is 41.2 Å². The highest BCUT2D eigenvalue weighted by Gasteiger charge is 2.49. The molecular weight excluding hydrogens is 571 g/mol. The molecule has 4 aromatic rings. The lowest BCUT2D eigenvalue weighted by atomic mass is 9.95. The second-order valence-corrected chi connectivity index (χ2v) is 12.5. The number of aromatic nitrogens is 3. The van der Waals surface area contributed by atoms with E-state index in [1.165, 1.54) is 24.3 Å². The summed E-state index contributed by atoms with van der Waals surface area (Å²) in [4.78, 5) is 18.0. The molecule has 0 unspecified atom stereocenters. The SMILES string of the molecule is C#Cc1c(F)ccc2cc(O)cc(-c3nc4c5c(nc(OC[C@@]67CCCN6C[C@H](F)C7)nc5c3F)N(C)[C@@H](C3CC3)CO4)c12. The van der Waals surface area contributed by atoms with E-state index in [1.807, 2.05) is 11.9 Å². The normalized spacial score (nSPS) is 24.8. The van der Waals surface area contributed by atoms with Crippen molar-refractivity contribution in [3.63, 3.8) is 0 Å². The van der Waals surface area contributed by atoms with Gasteiger partial charge < -0.3 is 19.5 Å². The highest BCUT2D eigenvalue weighted by Crippen LogP contribution is 2.46. The van der Waals surface area contributed by atoms with Crippen molar-refractivity contribution in [1.82, 2.24) is 19.9 Å². The predicted octanol–water partition coefficient (Wildman–Crippen LogP) is 5.37. The van der Waals surface area contributed by atoms with Crippen LogP contribution in [0.1, 0.15) is 37.7 Å². The van der Waals surface area contributed by atoms with Crippen LogP contribution in [0, 0.1) is 29.9 Å². The fourth-order valence-corrected chi connectivity index (χ4v) is 7.47. The summed E-state index contributed by atoms with van der Waals surface area (Å²) in [5.41, 5.74) is -0.698. The molecule has 44 heavy (non-hydrogen) atoms. The topological polar surface area (TPSA) is 83.8 Å². The molecule has 2 saturated heterocycles. The summed E-state index contributed by atoms with van der Waals surface area (Å²) >= 11 is 0. The van der Waals surface area contributed by atoms with E-state index >= 15 is 4.39 Å². The van der Waals surface area contributed by atoms with E-state index < -0.39 is 23.3 Å². The summed E-state index contributed by atoms with van der Waals surface area (Å²) in [6.07, 6.45) is 8.97. The zero-order valence-corrected chi connectivity index (χ0v) is 24.1. The maximum Gasteiger partial charge on any atom is 0.319 e. The molecule has 4 aliphatic rings. The molecule has 1 aliphatic carbocycles. The number of anilines is 1. The molecule has 226 valence electrons. The number of nitrogens with zero attached hydrogens (tertiary/aromatic N) is 5. The second kappa shape index (κ2) is 9.86. The monoisotopic (exact) mass is 601 g/mol. The van der Waals surface area contributed by atoms with E-state index in [9.17, 15) is 13.9 Å². The third-order valence-electron chi connectivity index (χ3n) is 9.78. The molecule has 8 rings (SSSR count). The van der Waals surface area contributed by atoms with Crippen LogP contribution >= 0.6 is 0 Å². The maximum absolute atomic E-state index is 16.8. The molecule has 1 N–H and O–H groups in total. The first-order chi connectivity index (χ1) is 21.3. The minimum Gasteiger partial charge on any atom is -0.508 e. The fraction of sp³-hybridized carbons (Fsp3) is 0.424. The van der Waals surface area contributed by atoms with Gasteiger partial charge in [-0.1, -0.05) is 12.0 Å². The Morgan fingerprint density at radius 1 is 1.18 bits per heavy atom. The standard InChI is InChI=1S/C33H30F3N5O3/c1-3-21-23(35)8-7-18-11-20(42)12-22(25(18)21)28-27(36)29-26-30(40(2)24(17-5-6-17)15-43-31(26)37-28)39-32(38-29)44-16-33-9-4-10-41(33)14-19(34)13-33/h1,7-8,11-12,17,19,24,42H,4-6,9-10,13-16H2,2H3/t19-,24-,33+/m1/s1. The first-order valence-electron chi connectivity index (χ1n) is 15.0. The van der Waals surface area contributed by atoms with Crippen molar-refractivity contribution >= 4 is 27.5 Å². The number of benzene rings is 2. The smallest absolute Gasteiger partial charge is 0.319 e. The average molecular weight is 602 g/mol. The van der Waals surface area contributed by atoms with Gasteiger partial charge in [-0.15, -0.1) is 6.42 Å². The van der Waals surface area contributed by atoms with Crippen molar-refractivity contribution < 1.29 is 27.8 Å². The van der Waals surface area contributed by atoms with Gasteiger partial charge in [-0.25, -0.2) is 18.2 Å². The van der Waals surface area contributed by atoms with Crippen molar-refractivity contribution in [2.24, 2.45) is 5.92 Å². The quantitative estimate of drug-likeness (QED) is 0.306. The highest BCUT2D eigenvalue weighted by molar-refractivity contribution is 6.04. The Hall–Kier alpha value is -4.30. The van der Waals surface area contributed by atoms with Gasteiger partial charge >= 0.3 is 6.01 Å². The number of hydrogen-bond acceptors (Lipinski definition) is 8. The van der Waals surface area contributed by atoms with E-state index in [1.54, 1.807) is 0 Å². The van der Waals surface area contributed by atoms with Crippen LogP contribution in [-0.2, 0) is 0 Å². The average Bonchev–Trinajstić information content (AvgIpc) is 3.72. The molecule has 0 amide bonds. The number of phenolic OH excluding ortho intramolecular Hbond substituents is 1. The molecule has 0 spiro atoms. The molecule has 1 saturated carbocycles. The Kier molecular flexibility index (Phi) is 6.11. The summed E-state index contributed by atoms with van der Waals surface area (Å²) < 4.78 is 58.5. The second-order valence-electron chi connectivity index (χ2n) is 12.5. The summed E-state index contributed by atoms with van der Waals surface area (Å²) in [6.45, 7) is 1.66. The van der Waals surface area contributed by atoms with E-state index in [0.717, 1.165) is 32.2 Å². The Morgan fingerprint density at radius 3 is 2.82 bits per heavy atom. The molecule has 3 atom stereocenters. The van der Waals surface area contributed by atoms with Crippen LogP contribution in [0.4, 0.5) is 19.0 Å². The lowest BCUT2D eigenvalue weighted by Crippen LogP contribution is -2.43. The molecular formula is C33H30F3N5O3. The number of ether oxygens (including phenoxy) is 2. The Labute approximate surface area is 251 Å². The number of rotatable bonds is 5. The highest BCUT2D eigenvalue weighted by atomic mass is 19.1. The van der Waals surface area contributed by atoms with Crippen LogP contribution in [0.3, 0.4) is 0 Å². The molecule has 5 heterocycles. The van der Waals surface area contributed by atoms with E-state index in [-0.39, 0.29) is 58.0 Å². The Morgan fingerprint density at radius 2 is 2.02 bits per heavy atom. The summed E-state index contributed by atoms with van der Waals surface area (Å²) in [5.74, 6) is 1.67. The van der Waals surface area contributed by atoms with Gasteiger partial charge in [0.15, 0.2) is 5.82 Å². The Balaban J connectivity index is 1.32. The largest absolute Gasteiger partial charge is 0.508 e. The number of hydrogen-bond donors (Lipinski definition) is 1. The first kappa shape index (κ1) is 27.3. The third kappa shape index (κ3) is 4.14. The van der Waals surface area contributed by atoms with Crippen molar-refractivity contribution in [2.75, 3.05) is 38.3 Å². The first-order valence-corrected chi connectivity index (χ1v) is 15.0. The maximum atomic E-state index is 16.8. The predicted molar refractivity (Wildman–Crippen MR) is 159 cm³/mol. The molecule has 8 nitrogen and oxygen atoms in total. The minimum absolute atomic E-state index is 0.0301. The molecule has 2 aromatic carbocycles. The van der Waals surface area contributed by atoms with Gasteiger partial charge in [0, 0.05) is 31.0 Å². The fourth-order valence-electron chi connectivity index (χ4n) is 7.47. The van der Waals surface area contributed by atoms with Crippen LogP contribution in [0.5, 0.6) is 17.6 Å². The lowest BCUT2D eigenvalue weighted by molar-refractivity contribution is 0.107. The summed E-state index contributed by atoms with van der Waals surface area (Å²) in [6, 6.07) is 5.36. The number of aromatic hydroxyl groups is 1. The molecule has 11 heteroatoms. The van der Waals surface area contributed by atoms with Gasteiger partial charge in [-0.3, -0.25) is 4.90 Å². The van der Waals surface area contributed by atoms with E-state index in [0.29, 0.717) is 42.1 Å². The molecule has 3 fully saturated rings. The number of alkyl halides is 1. The molecule has 0 radical (unpaired) electrons. The minimum atomic E-state index is -0.924. The summed E-state index contributed by atoms with van der Waals surface area (Å²) in [7, 11) is 1.89. The van der Waals surface area contributed by atoms with Gasteiger partial charge in [0.2, 0.25) is 5.88 Å². The zero-order chi connectivity index (χ0) is 30.3. The van der Waals surface area contributed by atoms with E-state index in [2.05, 4.69) is 20.8 Å². The molecule has 2 aromatic heterocycles. The zero-order valence-electron chi connectivity index (χ0n) is 24.1. The van der Waals surface area contributed by atoms with Crippen LogP contribution < -0.4 is 14.4 Å². The van der Waals surface area contributed by atoms with E-state index in [4.69, 9.17) is 20.9 Å². The lowest BCUT2D eigenvalue weighted by Gasteiger charge is -2.31. The number of halogens is 3. The summed E-state index contributed by atoms with van der Waals surface area (Å²) in [5, 5.41) is 11.5.